The molecule has 124 valence electrons. The van der Waals surface area contributed by atoms with Crippen LogP contribution in [0.3, 0.4) is 0 Å². The number of fused-ring (bicyclic) bond motifs is 1. The molecule has 0 bridgehead atoms. The van der Waals surface area contributed by atoms with Crippen molar-refractivity contribution in [3.05, 3.63) is 47.7 Å². The first-order chi connectivity index (χ1) is 11.7. The van der Waals surface area contributed by atoms with E-state index in [0.29, 0.717) is 6.42 Å². The fourth-order valence-electron chi connectivity index (χ4n) is 4.83. The second kappa shape index (κ2) is 4.85. The van der Waals surface area contributed by atoms with Gasteiger partial charge in [-0.15, -0.1) is 0 Å². The topological polar surface area (TPSA) is 49.9 Å². The Hall–Kier alpha value is -2.30. The number of nitrogens with zero attached hydrogens (tertiary/aromatic N) is 2. The van der Waals surface area contributed by atoms with E-state index in [2.05, 4.69) is 23.4 Å². The average molecular weight is 324 g/mol. The van der Waals surface area contributed by atoms with Crippen LogP contribution in [0.4, 0.5) is 0 Å². The van der Waals surface area contributed by atoms with Gasteiger partial charge in [-0.25, -0.2) is 4.90 Å². The van der Waals surface area contributed by atoms with Gasteiger partial charge in [0.05, 0.1) is 11.1 Å². The molecule has 0 aromatic rings. The van der Waals surface area contributed by atoms with Gasteiger partial charge in [0.2, 0.25) is 0 Å². The van der Waals surface area contributed by atoms with E-state index in [0.717, 1.165) is 31.4 Å². The highest BCUT2D eigenvalue weighted by atomic mass is 16.5. The Morgan fingerprint density at radius 2 is 1.96 bits per heavy atom. The van der Waals surface area contributed by atoms with Gasteiger partial charge >= 0.3 is 0 Å². The minimum atomic E-state index is -0.477. The van der Waals surface area contributed by atoms with Crippen LogP contribution in [0.2, 0.25) is 0 Å². The first kappa shape index (κ1) is 14.1. The van der Waals surface area contributed by atoms with Crippen LogP contribution in [0, 0.1) is 5.41 Å². The Labute approximate surface area is 140 Å². The van der Waals surface area contributed by atoms with E-state index in [1.165, 1.54) is 41.2 Å². The van der Waals surface area contributed by atoms with Crippen molar-refractivity contribution in [2.24, 2.45) is 5.41 Å². The van der Waals surface area contributed by atoms with Gasteiger partial charge < -0.3 is 9.64 Å². The molecule has 1 spiro atoms. The average Bonchev–Trinajstić information content (AvgIpc) is 3.12. The number of ether oxygens (including phenoxy) is 1. The van der Waals surface area contributed by atoms with Gasteiger partial charge in [-0.1, -0.05) is 12.5 Å². The second-order valence-electron chi connectivity index (χ2n) is 7.21. The molecule has 4 aliphatic heterocycles. The molecule has 5 aliphatic rings. The third kappa shape index (κ3) is 1.75. The molecule has 1 saturated carbocycles. The molecule has 5 heteroatoms. The molecule has 4 heterocycles. The van der Waals surface area contributed by atoms with Crippen LogP contribution in [-0.2, 0) is 14.3 Å². The molecule has 0 aromatic carbocycles. The van der Waals surface area contributed by atoms with Gasteiger partial charge in [0.1, 0.15) is 5.76 Å². The molecule has 2 atom stereocenters. The minimum absolute atomic E-state index is 0.108. The predicted octanol–water partition coefficient (Wildman–Crippen LogP) is 2.94. The lowest BCUT2D eigenvalue weighted by Crippen LogP contribution is -2.40. The van der Waals surface area contributed by atoms with Crippen LogP contribution >= 0.6 is 0 Å². The van der Waals surface area contributed by atoms with E-state index < -0.39 is 6.23 Å². The summed E-state index contributed by atoms with van der Waals surface area (Å²) >= 11 is 0. The fraction of sp³-hybridized carbons (Fsp3) is 0.474. The van der Waals surface area contributed by atoms with Crippen molar-refractivity contribution in [1.82, 2.24) is 9.80 Å². The van der Waals surface area contributed by atoms with Crippen LogP contribution in [0.5, 0.6) is 0 Å². The number of carbonyl (C=O) groups excluding carboxylic acids is 2. The molecule has 5 rings (SSSR count). The Balaban J connectivity index is 1.59. The van der Waals surface area contributed by atoms with Gasteiger partial charge in [0, 0.05) is 31.0 Å². The van der Waals surface area contributed by atoms with Crippen molar-refractivity contribution in [2.75, 3.05) is 0 Å². The number of imide groups is 1. The molecule has 1 saturated heterocycles. The SMILES string of the molecule is O=C1C=CC(=O)N1C1CC23CCCCC2=CN2C=CCCC2=C3O1. The molecule has 5 nitrogen and oxygen atoms in total. The lowest BCUT2D eigenvalue weighted by atomic mass is 9.66. The standard InChI is InChI=1S/C19H20N2O3/c22-15-7-8-16(23)21(15)17-11-19-9-3-1-5-13(19)12-20-10-4-2-6-14(20)18(19)24-17/h4,7-8,10,12,17H,1-3,5-6,9,11H2. The zero-order valence-corrected chi connectivity index (χ0v) is 13.5. The normalized spacial score (nSPS) is 34.2. The zero-order chi connectivity index (χ0) is 16.3. The first-order valence-corrected chi connectivity index (χ1v) is 8.81. The van der Waals surface area contributed by atoms with Crippen molar-refractivity contribution in [3.8, 4) is 0 Å². The van der Waals surface area contributed by atoms with Crippen molar-refractivity contribution >= 4 is 11.8 Å². The highest BCUT2D eigenvalue weighted by Crippen LogP contribution is 2.59. The Bertz CT molecular complexity index is 743. The molecular formula is C19H20N2O3. The fourth-order valence-corrected chi connectivity index (χ4v) is 4.83. The molecule has 0 radical (unpaired) electrons. The number of hydrogen-bond donors (Lipinski definition) is 0. The molecule has 2 amide bonds. The molecule has 24 heavy (non-hydrogen) atoms. The summed E-state index contributed by atoms with van der Waals surface area (Å²) in [4.78, 5) is 27.7. The molecular weight excluding hydrogens is 304 g/mol. The summed E-state index contributed by atoms with van der Waals surface area (Å²) in [6.07, 6.45) is 15.9. The maximum absolute atomic E-state index is 12.1. The van der Waals surface area contributed by atoms with E-state index in [-0.39, 0.29) is 17.2 Å². The van der Waals surface area contributed by atoms with Crippen molar-refractivity contribution in [2.45, 2.75) is 51.2 Å². The molecule has 2 unspecified atom stereocenters. The zero-order valence-electron chi connectivity index (χ0n) is 13.5. The highest BCUT2D eigenvalue weighted by Gasteiger charge is 2.55. The second-order valence-corrected chi connectivity index (χ2v) is 7.21. The van der Waals surface area contributed by atoms with Crippen LogP contribution in [-0.4, -0.2) is 27.8 Å². The first-order valence-electron chi connectivity index (χ1n) is 8.81. The number of carbonyl (C=O) groups is 2. The van der Waals surface area contributed by atoms with E-state index >= 15 is 0 Å². The number of allylic oxidation sites excluding steroid dienone is 3. The smallest absolute Gasteiger partial charge is 0.256 e. The summed E-state index contributed by atoms with van der Waals surface area (Å²) in [7, 11) is 0. The van der Waals surface area contributed by atoms with E-state index in [1.807, 2.05) is 0 Å². The Morgan fingerprint density at radius 3 is 2.79 bits per heavy atom. The van der Waals surface area contributed by atoms with Crippen LogP contribution in [0.1, 0.15) is 44.9 Å². The quantitative estimate of drug-likeness (QED) is 0.696. The van der Waals surface area contributed by atoms with Gasteiger partial charge in [-0.2, -0.15) is 0 Å². The third-order valence-electron chi connectivity index (χ3n) is 5.94. The molecule has 0 aromatic heterocycles. The molecule has 0 N–H and O–H groups in total. The minimum Gasteiger partial charge on any atom is -0.471 e. The van der Waals surface area contributed by atoms with Crippen molar-refractivity contribution in [1.29, 1.82) is 0 Å². The van der Waals surface area contributed by atoms with Crippen LogP contribution in [0.25, 0.3) is 0 Å². The third-order valence-corrected chi connectivity index (χ3v) is 5.94. The number of amides is 2. The maximum atomic E-state index is 12.1. The largest absolute Gasteiger partial charge is 0.471 e. The molecule has 2 fully saturated rings. The number of rotatable bonds is 1. The Kier molecular flexibility index (Phi) is 2.84. The van der Waals surface area contributed by atoms with E-state index in [9.17, 15) is 9.59 Å². The number of hydrogen-bond acceptors (Lipinski definition) is 4. The van der Waals surface area contributed by atoms with Crippen LogP contribution < -0.4 is 0 Å². The summed E-state index contributed by atoms with van der Waals surface area (Å²) in [5.74, 6) is 0.501. The summed E-state index contributed by atoms with van der Waals surface area (Å²) in [6.45, 7) is 0. The van der Waals surface area contributed by atoms with Gasteiger partial charge in [-0.05, 0) is 37.7 Å². The van der Waals surface area contributed by atoms with E-state index in [1.54, 1.807) is 0 Å². The summed E-state index contributed by atoms with van der Waals surface area (Å²) in [5, 5.41) is 0. The lowest BCUT2D eigenvalue weighted by Gasteiger charge is -2.42. The van der Waals surface area contributed by atoms with Crippen molar-refractivity contribution in [3.63, 3.8) is 0 Å². The van der Waals surface area contributed by atoms with Gasteiger partial charge in [0.25, 0.3) is 11.8 Å². The summed E-state index contributed by atoms with van der Waals surface area (Å²) in [6, 6.07) is 0. The predicted molar refractivity (Wildman–Crippen MR) is 86.7 cm³/mol. The summed E-state index contributed by atoms with van der Waals surface area (Å²) in [5.41, 5.74) is 2.50. The van der Waals surface area contributed by atoms with Gasteiger partial charge in [0.15, 0.2) is 6.23 Å². The van der Waals surface area contributed by atoms with Crippen LogP contribution in [0.15, 0.2) is 47.7 Å². The Morgan fingerprint density at radius 1 is 1.12 bits per heavy atom. The summed E-state index contributed by atoms with van der Waals surface area (Å²) < 4.78 is 6.33. The van der Waals surface area contributed by atoms with Gasteiger partial charge in [-0.3, -0.25) is 9.59 Å². The molecule has 1 aliphatic carbocycles. The van der Waals surface area contributed by atoms with Crippen molar-refractivity contribution < 1.29 is 14.3 Å². The monoisotopic (exact) mass is 324 g/mol. The maximum Gasteiger partial charge on any atom is 0.256 e. The lowest BCUT2D eigenvalue weighted by molar-refractivity contribution is -0.147. The highest BCUT2D eigenvalue weighted by molar-refractivity contribution is 6.13. The van der Waals surface area contributed by atoms with E-state index in [4.69, 9.17) is 4.74 Å².